The van der Waals surface area contributed by atoms with E-state index in [9.17, 15) is 19.4 Å². The van der Waals surface area contributed by atoms with Crippen molar-refractivity contribution < 1.29 is 32.9 Å². The van der Waals surface area contributed by atoms with Crippen LogP contribution in [0.3, 0.4) is 0 Å². The average Bonchev–Trinajstić information content (AvgIpc) is 3.21. The van der Waals surface area contributed by atoms with E-state index in [0.717, 1.165) is 70.6 Å². The largest absolute Gasteiger partial charge is 0.756 e. The van der Waals surface area contributed by atoms with Crippen LogP contribution in [-0.4, -0.2) is 68.5 Å². The Morgan fingerprint density at radius 3 is 1.44 bits per heavy atom. The maximum absolute atomic E-state index is 12.9. The fourth-order valence-electron chi connectivity index (χ4n) is 6.66. The molecule has 0 saturated carbocycles. The SMILES string of the molecule is CCCCCCC/C=C\C/C=C\C/C=C\CCCCCCCCC(=O)NC(COP(=O)([O-])OCC[N+](C)(C)C)C(O)/C=C/CC/C=C/CC/C=C/CCCCCCCCCC. The third kappa shape index (κ3) is 45.8. The van der Waals surface area contributed by atoms with Gasteiger partial charge >= 0.3 is 0 Å². The van der Waals surface area contributed by atoms with Gasteiger partial charge in [-0.3, -0.25) is 9.36 Å². The molecular weight excluding hydrogens is 780 g/mol. The molecule has 0 fully saturated rings. The van der Waals surface area contributed by atoms with Crippen molar-refractivity contribution in [1.82, 2.24) is 5.32 Å². The number of hydrogen-bond acceptors (Lipinski definition) is 6. The fourth-order valence-corrected chi connectivity index (χ4v) is 7.38. The summed E-state index contributed by atoms with van der Waals surface area (Å²) in [7, 11) is 1.22. The first-order chi connectivity index (χ1) is 29.5. The predicted molar refractivity (Wildman–Crippen MR) is 260 cm³/mol. The molecule has 0 aliphatic carbocycles. The Bertz CT molecular complexity index is 1220. The average molecular weight is 875 g/mol. The van der Waals surface area contributed by atoms with Crippen molar-refractivity contribution in [3.8, 4) is 0 Å². The predicted octanol–water partition coefficient (Wildman–Crippen LogP) is 13.7. The van der Waals surface area contributed by atoms with Crippen LogP contribution >= 0.6 is 7.82 Å². The number of amides is 1. The Hall–Kier alpha value is -2.06. The molecular formula is C52H95N2O6P. The third-order valence-corrected chi connectivity index (χ3v) is 11.6. The smallest absolute Gasteiger partial charge is 0.268 e. The molecule has 61 heavy (non-hydrogen) atoms. The number of quaternary nitrogens is 1. The van der Waals surface area contributed by atoms with Gasteiger partial charge in [0.2, 0.25) is 5.91 Å². The molecule has 0 rings (SSSR count). The van der Waals surface area contributed by atoms with E-state index in [1.54, 1.807) is 6.08 Å². The molecule has 0 radical (unpaired) electrons. The lowest BCUT2D eigenvalue weighted by molar-refractivity contribution is -0.870. The molecule has 0 aromatic heterocycles. The van der Waals surface area contributed by atoms with Crippen LogP contribution in [0.2, 0.25) is 0 Å². The summed E-state index contributed by atoms with van der Waals surface area (Å²) >= 11 is 0. The van der Waals surface area contributed by atoms with Crippen molar-refractivity contribution in [1.29, 1.82) is 0 Å². The number of aliphatic hydroxyl groups is 1. The second-order valence-electron chi connectivity index (χ2n) is 17.8. The Balaban J connectivity index is 4.46. The van der Waals surface area contributed by atoms with Gasteiger partial charge in [0, 0.05) is 6.42 Å². The van der Waals surface area contributed by atoms with E-state index in [4.69, 9.17) is 9.05 Å². The highest BCUT2D eigenvalue weighted by Crippen LogP contribution is 2.38. The number of unbranched alkanes of at least 4 members (excludes halogenated alkanes) is 21. The molecule has 0 aliphatic heterocycles. The first-order valence-corrected chi connectivity index (χ1v) is 26.3. The summed E-state index contributed by atoms with van der Waals surface area (Å²) in [5, 5.41) is 13.8. The number of phosphoric ester groups is 1. The van der Waals surface area contributed by atoms with Crippen molar-refractivity contribution in [3.05, 3.63) is 72.9 Å². The molecule has 3 atom stereocenters. The maximum atomic E-state index is 12.9. The third-order valence-electron chi connectivity index (χ3n) is 10.6. The Labute approximate surface area is 376 Å². The van der Waals surface area contributed by atoms with Gasteiger partial charge in [-0.15, -0.1) is 0 Å². The summed E-state index contributed by atoms with van der Waals surface area (Å²) in [6.07, 6.45) is 58.1. The van der Waals surface area contributed by atoms with Crippen molar-refractivity contribution in [3.63, 3.8) is 0 Å². The second-order valence-corrected chi connectivity index (χ2v) is 19.2. The van der Waals surface area contributed by atoms with Gasteiger partial charge in [-0.2, -0.15) is 0 Å². The minimum atomic E-state index is -4.61. The molecule has 0 aromatic rings. The fraction of sp³-hybridized carbons (Fsp3) is 0.750. The van der Waals surface area contributed by atoms with E-state index >= 15 is 0 Å². The van der Waals surface area contributed by atoms with Gasteiger partial charge in [0.1, 0.15) is 13.2 Å². The molecule has 0 heterocycles. The molecule has 0 bridgehead atoms. The molecule has 0 spiro atoms. The molecule has 0 aromatic carbocycles. The van der Waals surface area contributed by atoms with Gasteiger partial charge in [-0.25, -0.2) is 0 Å². The first kappa shape index (κ1) is 58.9. The van der Waals surface area contributed by atoms with E-state index in [1.165, 1.54) is 109 Å². The number of carbonyl (C=O) groups excluding carboxylic acids is 1. The van der Waals surface area contributed by atoms with Crippen molar-refractivity contribution in [2.45, 2.75) is 212 Å². The Morgan fingerprint density at radius 1 is 0.574 bits per heavy atom. The summed E-state index contributed by atoms with van der Waals surface area (Å²) < 4.78 is 23.2. The van der Waals surface area contributed by atoms with Crippen LogP contribution in [0.1, 0.15) is 200 Å². The van der Waals surface area contributed by atoms with Gasteiger partial charge in [-0.1, -0.05) is 183 Å². The highest BCUT2D eigenvalue weighted by atomic mass is 31.2. The van der Waals surface area contributed by atoms with Gasteiger partial charge in [0.05, 0.1) is 39.9 Å². The lowest BCUT2D eigenvalue weighted by Gasteiger charge is -2.29. The standard InChI is InChI=1S/C52H95N2O6P/c1-6-8-10-12-14-16-18-20-22-24-26-27-28-30-32-34-36-38-40-42-44-46-52(56)53-50(49-60-61(57,58)59-48-47-54(3,4)5)51(55)45-43-41-39-37-35-33-31-29-25-23-21-19-17-15-13-11-9-7-2/h18,20,24-26,28-30,35,37,43,45,50-51,55H,6-17,19,21-23,27,31-34,36,38-42,44,46-49H2,1-5H3,(H-,53,56,57,58)/b20-18-,26-24-,29-25+,30-28-,37-35+,45-43+. The number of allylic oxidation sites excluding steroid dienone is 11. The Morgan fingerprint density at radius 2 is 0.967 bits per heavy atom. The van der Waals surface area contributed by atoms with Gasteiger partial charge in [0.25, 0.3) is 7.82 Å². The second kappa shape index (κ2) is 43.2. The zero-order chi connectivity index (χ0) is 45.0. The lowest BCUT2D eigenvalue weighted by Crippen LogP contribution is -2.45. The summed E-state index contributed by atoms with van der Waals surface area (Å²) in [4.78, 5) is 25.4. The number of likely N-dealkylation sites (N-methyl/N-ethyl adjacent to an activating group) is 1. The molecule has 0 aliphatic rings. The van der Waals surface area contributed by atoms with Gasteiger partial charge < -0.3 is 28.8 Å². The quantitative estimate of drug-likeness (QED) is 0.0273. The van der Waals surface area contributed by atoms with Gasteiger partial charge in [0.15, 0.2) is 0 Å². The van der Waals surface area contributed by atoms with E-state index < -0.39 is 26.6 Å². The number of carbonyl (C=O) groups is 1. The highest BCUT2D eigenvalue weighted by molar-refractivity contribution is 7.45. The summed E-state index contributed by atoms with van der Waals surface area (Å²) in [6, 6.07) is -0.920. The summed E-state index contributed by atoms with van der Waals surface area (Å²) in [5.41, 5.74) is 0. The number of nitrogens with one attached hydrogen (secondary N) is 1. The van der Waals surface area contributed by atoms with Crippen molar-refractivity contribution >= 4 is 13.7 Å². The van der Waals surface area contributed by atoms with Crippen LogP contribution in [0.15, 0.2) is 72.9 Å². The minimum Gasteiger partial charge on any atom is -0.756 e. The van der Waals surface area contributed by atoms with Crippen LogP contribution in [0.4, 0.5) is 0 Å². The Kier molecular flexibility index (Phi) is 41.7. The first-order valence-electron chi connectivity index (χ1n) is 24.8. The zero-order valence-corrected chi connectivity index (χ0v) is 41.0. The van der Waals surface area contributed by atoms with Crippen LogP contribution in [0.5, 0.6) is 0 Å². The van der Waals surface area contributed by atoms with E-state index in [2.05, 4.69) is 79.9 Å². The topological polar surface area (TPSA) is 108 Å². The molecule has 2 N–H and O–H groups in total. The molecule has 9 heteroatoms. The number of nitrogens with zero attached hydrogens (tertiary/aromatic N) is 1. The molecule has 3 unspecified atom stereocenters. The van der Waals surface area contributed by atoms with Crippen LogP contribution in [-0.2, 0) is 18.4 Å². The minimum absolute atomic E-state index is 0.0151. The van der Waals surface area contributed by atoms with E-state index in [-0.39, 0.29) is 12.5 Å². The number of aliphatic hydroxyl groups excluding tert-OH is 1. The molecule has 8 nitrogen and oxygen atoms in total. The zero-order valence-electron chi connectivity index (χ0n) is 40.1. The molecule has 354 valence electrons. The summed E-state index contributed by atoms with van der Waals surface area (Å²) in [5.74, 6) is -0.226. The highest BCUT2D eigenvalue weighted by Gasteiger charge is 2.23. The molecule has 1 amide bonds. The number of phosphoric acid groups is 1. The number of hydrogen-bond donors (Lipinski definition) is 2. The van der Waals surface area contributed by atoms with Crippen LogP contribution < -0.4 is 10.2 Å². The van der Waals surface area contributed by atoms with E-state index in [0.29, 0.717) is 17.4 Å². The lowest BCUT2D eigenvalue weighted by atomic mass is 10.1. The van der Waals surface area contributed by atoms with Crippen molar-refractivity contribution in [2.24, 2.45) is 0 Å². The summed E-state index contributed by atoms with van der Waals surface area (Å²) in [6.45, 7) is 4.58. The van der Waals surface area contributed by atoms with Crippen molar-refractivity contribution in [2.75, 3.05) is 40.9 Å². The van der Waals surface area contributed by atoms with Crippen LogP contribution in [0.25, 0.3) is 0 Å². The maximum Gasteiger partial charge on any atom is 0.268 e. The van der Waals surface area contributed by atoms with Gasteiger partial charge in [-0.05, 0) is 83.5 Å². The van der Waals surface area contributed by atoms with E-state index in [1.807, 2.05) is 27.2 Å². The normalized spacial score (nSPS) is 14.8. The molecule has 0 saturated heterocycles. The number of rotatable bonds is 44. The van der Waals surface area contributed by atoms with Crippen LogP contribution in [0, 0.1) is 0 Å². The monoisotopic (exact) mass is 875 g/mol.